The fourth-order valence-electron chi connectivity index (χ4n) is 3.07. The van der Waals surface area contributed by atoms with Gasteiger partial charge in [-0.3, -0.25) is 4.79 Å². The van der Waals surface area contributed by atoms with Gasteiger partial charge in [-0.25, -0.2) is 4.98 Å². The summed E-state index contributed by atoms with van der Waals surface area (Å²) in [6.45, 7) is 0. The average Bonchev–Trinajstić information content (AvgIpc) is 3.21. The summed E-state index contributed by atoms with van der Waals surface area (Å²) in [5, 5.41) is 2.28. The first-order valence-electron chi connectivity index (χ1n) is 8.96. The van der Waals surface area contributed by atoms with Gasteiger partial charge in [0.2, 0.25) is 5.91 Å². The van der Waals surface area contributed by atoms with Gasteiger partial charge in [-0.2, -0.15) is 0 Å². The number of aromatic nitrogens is 1. The fourth-order valence-corrected chi connectivity index (χ4v) is 3.07. The summed E-state index contributed by atoms with van der Waals surface area (Å²) in [5.41, 5.74) is 1.87. The van der Waals surface area contributed by atoms with Crippen molar-refractivity contribution in [3.8, 4) is 11.3 Å². The van der Waals surface area contributed by atoms with Gasteiger partial charge in [0, 0.05) is 31.1 Å². The lowest BCUT2D eigenvalue weighted by Gasteiger charge is -2.17. The summed E-state index contributed by atoms with van der Waals surface area (Å²) in [6.07, 6.45) is 2.53. The van der Waals surface area contributed by atoms with E-state index in [4.69, 9.17) is 4.42 Å². The highest BCUT2D eigenvalue weighted by atomic mass is 16.4. The van der Waals surface area contributed by atoms with Crippen LogP contribution < -0.4 is 4.90 Å². The minimum atomic E-state index is 0.0322. The number of rotatable bonds is 5. The molecule has 3 aromatic carbocycles. The summed E-state index contributed by atoms with van der Waals surface area (Å²) in [6, 6.07) is 24.0. The van der Waals surface area contributed by atoms with Crippen LogP contribution in [0.4, 0.5) is 5.69 Å². The second-order valence-corrected chi connectivity index (χ2v) is 6.47. The molecule has 0 saturated heterocycles. The zero-order chi connectivity index (χ0) is 18.6. The number of carbonyl (C=O) groups excluding carboxylic acids is 1. The number of benzene rings is 3. The molecule has 4 nitrogen and oxygen atoms in total. The van der Waals surface area contributed by atoms with E-state index < -0.39 is 0 Å². The lowest BCUT2D eigenvalue weighted by molar-refractivity contribution is -0.118. The van der Waals surface area contributed by atoms with Gasteiger partial charge < -0.3 is 9.32 Å². The van der Waals surface area contributed by atoms with E-state index in [1.165, 1.54) is 0 Å². The average molecular weight is 356 g/mol. The Morgan fingerprint density at radius 3 is 2.52 bits per heavy atom. The highest BCUT2D eigenvalue weighted by Crippen LogP contribution is 2.23. The standard InChI is InChI=1S/C23H20N2O2/c1-25(20-12-11-17-7-5-6-10-19(17)15-20)23(26)14-13-22-24-16-21(27-22)18-8-3-2-4-9-18/h2-12,15-16H,13-14H2,1H3. The molecule has 0 unspecified atom stereocenters. The van der Waals surface area contributed by atoms with E-state index in [0.29, 0.717) is 18.7 Å². The van der Waals surface area contributed by atoms with Crippen LogP contribution in [-0.2, 0) is 11.2 Å². The number of hydrogen-bond donors (Lipinski definition) is 0. The van der Waals surface area contributed by atoms with Gasteiger partial charge in [0.1, 0.15) is 0 Å². The SMILES string of the molecule is CN(C(=O)CCc1ncc(-c2ccccc2)o1)c1ccc2ccccc2c1. The third-order valence-corrected chi connectivity index (χ3v) is 4.66. The highest BCUT2D eigenvalue weighted by Gasteiger charge is 2.14. The maximum absolute atomic E-state index is 12.6. The maximum Gasteiger partial charge on any atom is 0.227 e. The molecule has 0 fully saturated rings. The Morgan fingerprint density at radius 1 is 0.963 bits per heavy atom. The molecule has 4 heteroatoms. The number of anilines is 1. The van der Waals surface area contributed by atoms with Crippen molar-refractivity contribution >= 4 is 22.4 Å². The molecule has 0 atom stereocenters. The van der Waals surface area contributed by atoms with Crippen LogP contribution in [0.3, 0.4) is 0 Å². The lowest BCUT2D eigenvalue weighted by Crippen LogP contribution is -2.26. The van der Waals surface area contributed by atoms with Gasteiger partial charge >= 0.3 is 0 Å². The molecule has 0 bridgehead atoms. The number of aryl methyl sites for hydroxylation is 1. The summed E-state index contributed by atoms with van der Waals surface area (Å²) in [4.78, 5) is 18.6. The van der Waals surface area contributed by atoms with Gasteiger partial charge in [0.05, 0.1) is 6.20 Å². The van der Waals surface area contributed by atoms with Crippen LogP contribution >= 0.6 is 0 Å². The molecule has 0 N–H and O–H groups in total. The molecular formula is C23H20N2O2. The van der Waals surface area contributed by atoms with Crippen molar-refractivity contribution < 1.29 is 9.21 Å². The minimum Gasteiger partial charge on any atom is -0.441 e. The normalized spacial score (nSPS) is 10.9. The Labute approximate surface area is 158 Å². The van der Waals surface area contributed by atoms with Crippen molar-refractivity contribution in [2.45, 2.75) is 12.8 Å². The number of fused-ring (bicyclic) bond motifs is 1. The summed E-state index contributed by atoms with van der Waals surface area (Å²) in [5.74, 6) is 1.33. The molecule has 0 aliphatic rings. The van der Waals surface area contributed by atoms with Crippen molar-refractivity contribution in [3.05, 3.63) is 84.9 Å². The van der Waals surface area contributed by atoms with Gasteiger partial charge in [-0.05, 0) is 22.9 Å². The molecule has 4 rings (SSSR count). The number of carbonyl (C=O) groups is 1. The van der Waals surface area contributed by atoms with Crippen LogP contribution in [0.25, 0.3) is 22.1 Å². The predicted molar refractivity (Wildman–Crippen MR) is 108 cm³/mol. The largest absolute Gasteiger partial charge is 0.441 e. The Balaban J connectivity index is 1.42. The van der Waals surface area contributed by atoms with E-state index in [-0.39, 0.29) is 5.91 Å². The van der Waals surface area contributed by atoms with Crippen LogP contribution in [0.1, 0.15) is 12.3 Å². The molecule has 0 saturated carbocycles. The summed E-state index contributed by atoms with van der Waals surface area (Å²) in [7, 11) is 1.80. The van der Waals surface area contributed by atoms with Gasteiger partial charge in [-0.15, -0.1) is 0 Å². The Bertz CT molecular complexity index is 1070. The van der Waals surface area contributed by atoms with E-state index in [1.807, 2.05) is 60.7 Å². The Hall–Kier alpha value is -3.40. The van der Waals surface area contributed by atoms with Crippen molar-refractivity contribution in [2.24, 2.45) is 0 Å². The van der Waals surface area contributed by atoms with Crippen molar-refractivity contribution in [2.75, 3.05) is 11.9 Å². The predicted octanol–water partition coefficient (Wildman–Crippen LogP) is 5.09. The first kappa shape index (κ1) is 17.0. The molecule has 27 heavy (non-hydrogen) atoms. The molecule has 0 spiro atoms. The Kier molecular flexibility index (Phi) is 4.71. The van der Waals surface area contributed by atoms with E-state index in [0.717, 1.165) is 27.8 Å². The number of hydrogen-bond acceptors (Lipinski definition) is 3. The summed E-state index contributed by atoms with van der Waals surface area (Å²) < 4.78 is 5.78. The third-order valence-electron chi connectivity index (χ3n) is 4.66. The summed E-state index contributed by atoms with van der Waals surface area (Å²) >= 11 is 0. The van der Waals surface area contributed by atoms with E-state index in [1.54, 1.807) is 18.1 Å². The second-order valence-electron chi connectivity index (χ2n) is 6.47. The third kappa shape index (κ3) is 3.75. The molecule has 1 heterocycles. The number of amides is 1. The topological polar surface area (TPSA) is 46.3 Å². The number of nitrogens with zero attached hydrogens (tertiary/aromatic N) is 2. The molecule has 4 aromatic rings. The first-order chi connectivity index (χ1) is 13.2. The van der Waals surface area contributed by atoms with Crippen LogP contribution in [0.2, 0.25) is 0 Å². The van der Waals surface area contributed by atoms with Crippen molar-refractivity contribution in [3.63, 3.8) is 0 Å². The minimum absolute atomic E-state index is 0.0322. The monoisotopic (exact) mass is 356 g/mol. The van der Waals surface area contributed by atoms with E-state index >= 15 is 0 Å². The molecule has 1 amide bonds. The molecular weight excluding hydrogens is 336 g/mol. The molecule has 0 aliphatic carbocycles. The van der Waals surface area contributed by atoms with Crippen LogP contribution in [0.15, 0.2) is 83.4 Å². The van der Waals surface area contributed by atoms with Crippen LogP contribution in [0, 0.1) is 0 Å². The second kappa shape index (κ2) is 7.46. The van der Waals surface area contributed by atoms with Gasteiger partial charge in [0.15, 0.2) is 11.7 Å². The van der Waals surface area contributed by atoms with Gasteiger partial charge in [0.25, 0.3) is 0 Å². The van der Waals surface area contributed by atoms with Crippen LogP contribution in [-0.4, -0.2) is 17.9 Å². The highest BCUT2D eigenvalue weighted by molar-refractivity contribution is 5.96. The quantitative estimate of drug-likeness (QED) is 0.500. The molecule has 1 aromatic heterocycles. The Morgan fingerprint density at radius 2 is 1.70 bits per heavy atom. The maximum atomic E-state index is 12.6. The van der Waals surface area contributed by atoms with E-state index in [2.05, 4.69) is 17.1 Å². The van der Waals surface area contributed by atoms with Gasteiger partial charge in [-0.1, -0.05) is 60.7 Å². The van der Waals surface area contributed by atoms with Crippen molar-refractivity contribution in [1.29, 1.82) is 0 Å². The number of oxazole rings is 1. The zero-order valence-corrected chi connectivity index (χ0v) is 15.1. The smallest absolute Gasteiger partial charge is 0.227 e. The fraction of sp³-hybridized carbons (Fsp3) is 0.130. The molecule has 0 radical (unpaired) electrons. The first-order valence-corrected chi connectivity index (χ1v) is 8.96. The molecule has 134 valence electrons. The molecule has 0 aliphatic heterocycles. The van der Waals surface area contributed by atoms with Crippen molar-refractivity contribution in [1.82, 2.24) is 4.98 Å². The lowest BCUT2D eigenvalue weighted by atomic mass is 10.1. The van der Waals surface area contributed by atoms with E-state index in [9.17, 15) is 4.79 Å². The zero-order valence-electron chi connectivity index (χ0n) is 15.1. The van der Waals surface area contributed by atoms with Crippen LogP contribution in [0.5, 0.6) is 0 Å².